The summed E-state index contributed by atoms with van der Waals surface area (Å²) < 4.78 is 30.6. The van der Waals surface area contributed by atoms with Gasteiger partial charge in [0.2, 0.25) is 0 Å². The van der Waals surface area contributed by atoms with E-state index in [0.29, 0.717) is 32.3 Å². The minimum absolute atomic E-state index is 0.0740. The van der Waals surface area contributed by atoms with Gasteiger partial charge in [-0.25, -0.2) is 13.6 Å². The molecule has 1 N–H and O–H groups in total. The van der Waals surface area contributed by atoms with Gasteiger partial charge >= 0.3 is 6.03 Å². The Hall–Kier alpha value is -0.950. The second kappa shape index (κ2) is 6.44. The Bertz CT molecular complexity index is 383. The summed E-state index contributed by atoms with van der Waals surface area (Å²) in [5, 5.41) is 3.06. The summed E-state index contributed by atoms with van der Waals surface area (Å²) in [5.41, 5.74) is 0. The lowest BCUT2D eigenvalue weighted by Crippen LogP contribution is -2.49. The number of nitrogens with one attached hydrogen (secondary N) is 1. The third-order valence-electron chi connectivity index (χ3n) is 4.69. The van der Waals surface area contributed by atoms with Gasteiger partial charge in [0.15, 0.2) is 0 Å². The Labute approximate surface area is 123 Å². The Balaban J connectivity index is 1.46. The molecule has 0 spiro atoms. The smallest absolute Gasteiger partial charge is 0.317 e. The molecular weight excluding hydrogens is 280 g/mol. The van der Waals surface area contributed by atoms with Crippen LogP contribution in [0, 0.1) is 0 Å². The topological polar surface area (TPSA) is 44.8 Å². The molecule has 0 aromatic rings. The second-order valence-electron chi connectivity index (χ2n) is 6.20. The zero-order valence-electron chi connectivity index (χ0n) is 12.1. The molecule has 0 aromatic heterocycles. The Morgan fingerprint density at radius 3 is 2.76 bits per heavy atom. The zero-order valence-corrected chi connectivity index (χ0v) is 12.1. The predicted octanol–water partition coefficient (Wildman–Crippen LogP) is 1.29. The van der Waals surface area contributed by atoms with Crippen LogP contribution >= 0.6 is 0 Å². The van der Waals surface area contributed by atoms with Crippen LogP contribution in [0.3, 0.4) is 0 Å². The van der Waals surface area contributed by atoms with Gasteiger partial charge in [-0.05, 0) is 25.7 Å². The van der Waals surface area contributed by atoms with Crippen LogP contribution in [-0.2, 0) is 4.74 Å². The molecule has 3 atom stereocenters. The lowest BCUT2D eigenvalue weighted by molar-refractivity contribution is 0.0898. The summed E-state index contributed by atoms with van der Waals surface area (Å²) in [5.74, 6) is 0. The quantitative estimate of drug-likeness (QED) is 0.854. The largest absolute Gasteiger partial charge is 0.373 e. The van der Waals surface area contributed by atoms with Gasteiger partial charge in [0.1, 0.15) is 0 Å². The van der Waals surface area contributed by atoms with E-state index in [4.69, 9.17) is 4.74 Å². The molecule has 5 nitrogen and oxygen atoms in total. The van der Waals surface area contributed by atoms with Crippen molar-refractivity contribution in [2.75, 3.05) is 32.7 Å². The molecule has 0 radical (unpaired) electrons. The number of alkyl halides is 2. The average molecular weight is 303 g/mol. The molecule has 0 unspecified atom stereocenters. The summed E-state index contributed by atoms with van der Waals surface area (Å²) in [4.78, 5) is 15.8. The fourth-order valence-electron chi connectivity index (χ4n) is 3.59. The van der Waals surface area contributed by atoms with Gasteiger partial charge in [0, 0.05) is 26.2 Å². The van der Waals surface area contributed by atoms with Crippen molar-refractivity contribution < 1.29 is 18.3 Å². The lowest BCUT2D eigenvalue weighted by Gasteiger charge is -2.26. The second-order valence-corrected chi connectivity index (χ2v) is 6.20. The molecule has 3 aliphatic rings. The highest BCUT2D eigenvalue weighted by Gasteiger charge is 2.41. The molecule has 3 rings (SSSR count). The highest BCUT2D eigenvalue weighted by molar-refractivity contribution is 5.74. The van der Waals surface area contributed by atoms with Gasteiger partial charge in [-0.1, -0.05) is 0 Å². The SMILES string of the molecule is O=C(N[C@@H]1C[C@H]2CC[C@H]1O2)N1CCCN(CC(F)F)CC1. The van der Waals surface area contributed by atoms with Gasteiger partial charge in [0.05, 0.1) is 24.8 Å². The third-order valence-corrected chi connectivity index (χ3v) is 4.69. The van der Waals surface area contributed by atoms with Crippen LogP contribution in [0.15, 0.2) is 0 Å². The average Bonchev–Trinajstić information content (AvgIpc) is 2.96. The van der Waals surface area contributed by atoms with Gasteiger partial charge in [-0.2, -0.15) is 0 Å². The number of urea groups is 1. The number of ether oxygens (including phenoxy) is 1. The van der Waals surface area contributed by atoms with Crippen LogP contribution in [0.4, 0.5) is 13.6 Å². The van der Waals surface area contributed by atoms with Crippen molar-refractivity contribution in [2.24, 2.45) is 0 Å². The van der Waals surface area contributed by atoms with E-state index in [0.717, 1.165) is 25.7 Å². The lowest BCUT2D eigenvalue weighted by atomic mass is 9.96. The number of carbonyl (C=O) groups is 1. The highest BCUT2D eigenvalue weighted by Crippen LogP contribution is 2.34. The first-order valence-corrected chi connectivity index (χ1v) is 7.83. The maximum Gasteiger partial charge on any atom is 0.317 e. The number of amides is 2. The van der Waals surface area contributed by atoms with Gasteiger partial charge in [-0.15, -0.1) is 0 Å². The van der Waals surface area contributed by atoms with E-state index >= 15 is 0 Å². The van der Waals surface area contributed by atoms with Gasteiger partial charge in [0.25, 0.3) is 6.43 Å². The molecule has 0 aromatic carbocycles. The molecule has 120 valence electrons. The molecular formula is C14H23F2N3O2. The van der Waals surface area contributed by atoms with Crippen molar-refractivity contribution in [3.63, 3.8) is 0 Å². The molecule has 3 heterocycles. The van der Waals surface area contributed by atoms with Crippen LogP contribution in [0.5, 0.6) is 0 Å². The minimum Gasteiger partial charge on any atom is -0.373 e. The molecule has 0 saturated carbocycles. The van der Waals surface area contributed by atoms with Crippen molar-refractivity contribution in [2.45, 2.75) is 50.4 Å². The molecule has 3 aliphatic heterocycles. The molecule has 7 heteroatoms. The van der Waals surface area contributed by atoms with Crippen LogP contribution in [-0.4, -0.2) is 73.2 Å². The predicted molar refractivity (Wildman–Crippen MR) is 73.5 cm³/mol. The normalized spacial score (nSPS) is 33.5. The van der Waals surface area contributed by atoms with E-state index in [2.05, 4.69) is 5.32 Å². The first-order valence-electron chi connectivity index (χ1n) is 7.83. The Morgan fingerprint density at radius 1 is 1.24 bits per heavy atom. The van der Waals surface area contributed by atoms with Crippen molar-refractivity contribution in [3.8, 4) is 0 Å². The molecule has 3 fully saturated rings. The number of nitrogens with zero attached hydrogens (tertiary/aromatic N) is 2. The monoisotopic (exact) mass is 303 g/mol. The summed E-state index contributed by atoms with van der Waals surface area (Å²) in [7, 11) is 0. The first kappa shape index (κ1) is 15.0. The number of carbonyl (C=O) groups excluding carboxylic acids is 1. The number of hydrogen-bond acceptors (Lipinski definition) is 3. The molecule has 2 amide bonds. The molecule has 3 saturated heterocycles. The summed E-state index contributed by atoms with van der Waals surface area (Å²) in [6.07, 6.45) is 1.94. The van der Waals surface area contributed by atoms with Crippen molar-refractivity contribution in [1.82, 2.24) is 15.1 Å². The van der Waals surface area contributed by atoms with Crippen molar-refractivity contribution in [1.29, 1.82) is 0 Å². The fourth-order valence-corrected chi connectivity index (χ4v) is 3.59. The zero-order chi connectivity index (χ0) is 14.8. The van der Waals surface area contributed by atoms with E-state index in [9.17, 15) is 13.6 Å². The Morgan fingerprint density at radius 2 is 2.10 bits per heavy atom. The van der Waals surface area contributed by atoms with Crippen molar-refractivity contribution >= 4 is 6.03 Å². The minimum atomic E-state index is -2.31. The fraction of sp³-hybridized carbons (Fsp3) is 0.929. The van der Waals surface area contributed by atoms with Crippen molar-refractivity contribution in [3.05, 3.63) is 0 Å². The highest BCUT2D eigenvalue weighted by atomic mass is 19.3. The van der Waals surface area contributed by atoms with Crippen LogP contribution in [0.25, 0.3) is 0 Å². The van der Waals surface area contributed by atoms with E-state index in [1.807, 2.05) is 0 Å². The maximum absolute atomic E-state index is 12.4. The van der Waals surface area contributed by atoms with Crippen LogP contribution < -0.4 is 5.32 Å². The standard InChI is InChI=1S/C14H23F2N3O2/c15-13(16)9-18-4-1-5-19(7-6-18)14(20)17-11-8-10-2-3-12(11)21-10/h10-13H,1-9H2,(H,17,20)/t10-,11-,12-/m1/s1. The van der Waals surface area contributed by atoms with E-state index in [1.165, 1.54) is 0 Å². The summed E-state index contributed by atoms with van der Waals surface area (Å²) in [6.45, 7) is 2.10. The van der Waals surface area contributed by atoms with Gasteiger partial charge < -0.3 is 15.0 Å². The third kappa shape index (κ3) is 3.63. The number of fused-ring (bicyclic) bond motifs is 2. The van der Waals surface area contributed by atoms with Crippen LogP contribution in [0.1, 0.15) is 25.7 Å². The summed E-state index contributed by atoms with van der Waals surface area (Å²) >= 11 is 0. The molecule has 2 bridgehead atoms. The number of hydrogen-bond donors (Lipinski definition) is 1. The Kier molecular flexibility index (Phi) is 4.59. The first-order chi connectivity index (χ1) is 10.1. The maximum atomic E-state index is 12.4. The summed E-state index contributed by atoms with van der Waals surface area (Å²) in [6, 6.07) is 0.0479. The molecule has 21 heavy (non-hydrogen) atoms. The van der Waals surface area contributed by atoms with E-state index < -0.39 is 6.43 Å². The van der Waals surface area contributed by atoms with E-state index in [-0.39, 0.29) is 24.7 Å². The molecule has 0 aliphatic carbocycles. The number of halogens is 2. The van der Waals surface area contributed by atoms with Crippen LogP contribution in [0.2, 0.25) is 0 Å². The van der Waals surface area contributed by atoms with E-state index in [1.54, 1.807) is 9.80 Å². The number of rotatable bonds is 3. The van der Waals surface area contributed by atoms with Gasteiger partial charge in [-0.3, -0.25) is 4.90 Å².